The lowest BCUT2D eigenvalue weighted by Gasteiger charge is -2.35. The highest BCUT2D eigenvalue weighted by Gasteiger charge is 2.33. The van der Waals surface area contributed by atoms with Crippen LogP contribution in [0.3, 0.4) is 0 Å². The van der Waals surface area contributed by atoms with Crippen LogP contribution in [0.25, 0.3) is 11.1 Å². The number of rotatable bonds is 9. The minimum absolute atomic E-state index is 0.0154. The number of thiophene rings is 1. The first-order chi connectivity index (χ1) is 20.7. The van der Waals surface area contributed by atoms with Crippen molar-refractivity contribution in [2.24, 2.45) is 0 Å². The summed E-state index contributed by atoms with van der Waals surface area (Å²) >= 11 is 6.68. The molecule has 0 amide bonds. The molecule has 4 aromatic rings. The highest BCUT2D eigenvalue weighted by Crippen LogP contribution is 2.41. The maximum atomic E-state index is 13.9. The number of anilines is 1. The molecule has 0 atom stereocenters. The minimum Gasteiger partial charge on any atom is -0.493 e. The minimum atomic E-state index is -3.82. The fraction of sp³-hybridized carbons (Fsp3) is 0.207. The number of thiocarbonyl (C=S) groups is 1. The summed E-state index contributed by atoms with van der Waals surface area (Å²) in [6, 6.07) is 20.2. The largest absolute Gasteiger partial charge is 0.493 e. The number of nitro groups is 1. The van der Waals surface area contributed by atoms with E-state index >= 15 is 0 Å². The van der Waals surface area contributed by atoms with Gasteiger partial charge >= 0.3 is 0 Å². The fourth-order valence-electron chi connectivity index (χ4n) is 4.60. The molecule has 2 heterocycles. The number of para-hydroxylation sites is 1. The second kappa shape index (κ2) is 13.0. The Kier molecular flexibility index (Phi) is 9.11. The first-order valence-corrected chi connectivity index (χ1v) is 15.8. The van der Waals surface area contributed by atoms with Crippen molar-refractivity contribution < 1.29 is 27.6 Å². The van der Waals surface area contributed by atoms with E-state index in [-0.39, 0.29) is 23.0 Å². The van der Waals surface area contributed by atoms with Crippen LogP contribution in [0.1, 0.15) is 0 Å². The van der Waals surface area contributed by atoms with Crippen molar-refractivity contribution in [3.05, 3.63) is 88.3 Å². The van der Waals surface area contributed by atoms with Gasteiger partial charge in [0.15, 0.2) is 16.6 Å². The molecule has 0 spiro atoms. The highest BCUT2D eigenvalue weighted by molar-refractivity contribution is 7.91. The summed E-state index contributed by atoms with van der Waals surface area (Å²) in [5.74, 6) is 2.09. The molecule has 1 N–H and O–H groups in total. The molecule has 0 aliphatic carbocycles. The Morgan fingerprint density at radius 1 is 0.907 bits per heavy atom. The van der Waals surface area contributed by atoms with Crippen molar-refractivity contribution in [2.75, 3.05) is 45.7 Å². The van der Waals surface area contributed by atoms with Gasteiger partial charge < -0.3 is 24.4 Å². The molecule has 11 nitrogen and oxygen atoms in total. The van der Waals surface area contributed by atoms with Gasteiger partial charge in [-0.1, -0.05) is 18.2 Å². The van der Waals surface area contributed by atoms with Gasteiger partial charge in [0.2, 0.25) is 0 Å². The monoisotopic (exact) mass is 640 g/mol. The van der Waals surface area contributed by atoms with Crippen molar-refractivity contribution in [1.29, 1.82) is 0 Å². The Balaban J connectivity index is 1.30. The third kappa shape index (κ3) is 6.57. The molecule has 0 radical (unpaired) electrons. The molecule has 1 aliphatic heterocycles. The van der Waals surface area contributed by atoms with E-state index in [1.807, 2.05) is 23.1 Å². The highest BCUT2D eigenvalue weighted by atomic mass is 32.2. The average molecular weight is 641 g/mol. The van der Waals surface area contributed by atoms with Crippen LogP contribution in [-0.4, -0.2) is 68.1 Å². The second-order valence-corrected chi connectivity index (χ2v) is 12.8. The number of benzene rings is 3. The van der Waals surface area contributed by atoms with E-state index in [4.69, 9.17) is 26.4 Å². The van der Waals surface area contributed by atoms with Crippen molar-refractivity contribution in [3.8, 4) is 34.1 Å². The van der Waals surface area contributed by atoms with E-state index in [1.54, 1.807) is 62.1 Å². The zero-order valence-corrected chi connectivity index (χ0v) is 25.7. The Hall–Kier alpha value is -4.24. The number of piperazine rings is 1. The number of hydrogen-bond acceptors (Lipinski definition) is 9. The first-order valence-electron chi connectivity index (χ1n) is 13.1. The standard InChI is InChI=1S/C29H28N4O7S3/c1-38-26-12-11-22(19-27(26)39-2)40-25-6-4-3-5-23(25)24-13-18-42-28(24)43(36,37)32-16-14-31(15-17-32)29(41)30-20-7-9-21(10-8-20)33(34)35/h3-13,18-19H,14-17H2,1-2H3,(H,30,41). The molecule has 1 fully saturated rings. The van der Waals surface area contributed by atoms with Gasteiger partial charge in [-0.2, -0.15) is 4.31 Å². The lowest BCUT2D eigenvalue weighted by atomic mass is 10.1. The van der Waals surface area contributed by atoms with Crippen molar-refractivity contribution in [2.45, 2.75) is 4.21 Å². The molecular weight excluding hydrogens is 613 g/mol. The molecule has 43 heavy (non-hydrogen) atoms. The van der Waals surface area contributed by atoms with Gasteiger partial charge in [-0.3, -0.25) is 10.1 Å². The Morgan fingerprint density at radius 2 is 1.60 bits per heavy atom. The van der Waals surface area contributed by atoms with Gasteiger partial charge in [-0.25, -0.2) is 8.42 Å². The molecule has 5 rings (SSSR count). The van der Waals surface area contributed by atoms with E-state index in [0.29, 0.717) is 58.0 Å². The second-order valence-electron chi connectivity index (χ2n) is 9.36. The number of nitrogens with zero attached hydrogens (tertiary/aromatic N) is 3. The van der Waals surface area contributed by atoms with Gasteiger partial charge in [-0.15, -0.1) is 11.3 Å². The van der Waals surface area contributed by atoms with Crippen LogP contribution in [0.5, 0.6) is 23.0 Å². The number of non-ortho nitro benzene ring substituents is 1. The Bertz CT molecular complexity index is 1730. The smallest absolute Gasteiger partial charge is 0.269 e. The zero-order valence-electron chi connectivity index (χ0n) is 23.3. The van der Waals surface area contributed by atoms with Crippen LogP contribution >= 0.6 is 23.6 Å². The van der Waals surface area contributed by atoms with Gasteiger partial charge in [0, 0.05) is 61.2 Å². The Labute approximate surface area is 258 Å². The zero-order chi connectivity index (χ0) is 30.6. The molecule has 0 bridgehead atoms. The molecule has 1 aromatic heterocycles. The molecule has 0 saturated carbocycles. The van der Waals surface area contributed by atoms with Gasteiger partial charge in [0.1, 0.15) is 15.7 Å². The summed E-state index contributed by atoms with van der Waals surface area (Å²) in [4.78, 5) is 12.3. The van der Waals surface area contributed by atoms with Gasteiger partial charge in [0.25, 0.3) is 15.7 Å². The SMILES string of the molecule is COc1ccc(Oc2ccccc2-c2ccsc2S(=O)(=O)N2CCN(C(=S)Nc3ccc([N+](=O)[O-])cc3)CC2)cc1OC. The number of ether oxygens (including phenoxy) is 3. The maximum Gasteiger partial charge on any atom is 0.269 e. The molecule has 3 aromatic carbocycles. The van der Waals surface area contributed by atoms with Gasteiger partial charge in [-0.05, 0) is 54.0 Å². The Morgan fingerprint density at radius 3 is 2.28 bits per heavy atom. The molecule has 0 unspecified atom stereocenters. The van der Waals surface area contributed by atoms with E-state index in [1.165, 1.54) is 16.4 Å². The topological polar surface area (TPSA) is 123 Å². The van der Waals surface area contributed by atoms with Crippen LogP contribution in [-0.2, 0) is 10.0 Å². The number of hydrogen-bond donors (Lipinski definition) is 1. The van der Waals surface area contributed by atoms with Crippen LogP contribution in [0.4, 0.5) is 11.4 Å². The number of nitro benzene ring substituents is 1. The maximum absolute atomic E-state index is 13.9. The predicted molar refractivity (Wildman–Crippen MR) is 169 cm³/mol. The molecule has 224 valence electrons. The number of nitrogens with one attached hydrogen (secondary N) is 1. The lowest BCUT2D eigenvalue weighted by Crippen LogP contribution is -2.51. The van der Waals surface area contributed by atoms with Crippen molar-refractivity contribution >= 4 is 50.1 Å². The molecule has 1 aliphatic rings. The van der Waals surface area contributed by atoms with Crippen LogP contribution in [0, 0.1) is 10.1 Å². The van der Waals surface area contributed by atoms with Crippen LogP contribution in [0.2, 0.25) is 0 Å². The average Bonchev–Trinajstić information content (AvgIpc) is 3.52. The normalized spacial score (nSPS) is 13.8. The lowest BCUT2D eigenvalue weighted by molar-refractivity contribution is -0.384. The summed E-state index contributed by atoms with van der Waals surface area (Å²) in [7, 11) is -0.725. The number of methoxy groups -OCH3 is 2. The van der Waals surface area contributed by atoms with Crippen molar-refractivity contribution in [3.63, 3.8) is 0 Å². The third-order valence-electron chi connectivity index (χ3n) is 6.82. The van der Waals surface area contributed by atoms with Crippen LogP contribution in [0.15, 0.2) is 82.4 Å². The third-order valence-corrected chi connectivity index (χ3v) is 10.5. The summed E-state index contributed by atoms with van der Waals surface area (Å²) in [5, 5.41) is 16.1. The summed E-state index contributed by atoms with van der Waals surface area (Å²) in [6.07, 6.45) is 0. The fourth-order valence-corrected chi connectivity index (χ4v) is 7.83. The number of sulfonamides is 1. The van der Waals surface area contributed by atoms with E-state index in [0.717, 1.165) is 11.3 Å². The molecule has 1 saturated heterocycles. The quantitative estimate of drug-likeness (QED) is 0.136. The van der Waals surface area contributed by atoms with Crippen LogP contribution < -0.4 is 19.5 Å². The van der Waals surface area contributed by atoms with E-state index in [9.17, 15) is 18.5 Å². The van der Waals surface area contributed by atoms with Crippen molar-refractivity contribution in [1.82, 2.24) is 9.21 Å². The summed E-state index contributed by atoms with van der Waals surface area (Å²) in [6.45, 7) is 1.26. The molecular formula is C29H28N4O7S3. The summed E-state index contributed by atoms with van der Waals surface area (Å²) in [5.41, 5.74) is 1.80. The molecule has 14 heteroatoms. The van der Waals surface area contributed by atoms with Gasteiger partial charge in [0.05, 0.1) is 19.1 Å². The first kappa shape index (κ1) is 30.2. The van der Waals surface area contributed by atoms with E-state index in [2.05, 4.69) is 5.32 Å². The van der Waals surface area contributed by atoms with E-state index < -0.39 is 14.9 Å². The summed E-state index contributed by atoms with van der Waals surface area (Å²) < 4.78 is 46.3. The predicted octanol–water partition coefficient (Wildman–Crippen LogP) is 5.84.